The lowest BCUT2D eigenvalue weighted by atomic mass is 10.3. The number of nitrogens with zero attached hydrogens (tertiary/aromatic N) is 1. The van der Waals surface area contributed by atoms with E-state index >= 15 is 0 Å². The Morgan fingerprint density at radius 2 is 1.95 bits per heavy atom. The summed E-state index contributed by atoms with van der Waals surface area (Å²) < 4.78 is 28.2. The van der Waals surface area contributed by atoms with E-state index in [1.165, 1.54) is 30.9 Å². The molecule has 0 saturated carbocycles. The van der Waals surface area contributed by atoms with Gasteiger partial charge in [-0.15, -0.1) is 0 Å². The molecule has 7 heteroatoms. The van der Waals surface area contributed by atoms with E-state index in [2.05, 4.69) is 5.32 Å². The second-order valence-electron chi connectivity index (χ2n) is 4.48. The van der Waals surface area contributed by atoms with Gasteiger partial charge in [0.15, 0.2) is 0 Å². The van der Waals surface area contributed by atoms with Crippen molar-refractivity contribution in [3.05, 3.63) is 24.3 Å². The second kappa shape index (κ2) is 5.92. The smallest absolute Gasteiger partial charge is 0.321 e. The average molecular weight is 286 g/mol. The molecule has 0 aliphatic carbocycles. The monoisotopic (exact) mass is 286 g/mol. The van der Waals surface area contributed by atoms with Gasteiger partial charge >= 0.3 is 16.1 Å². The Morgan fingerprint density at radius 3 is 2.47 bits per heavy atom. The van der Waals surface area contributed by atoms with Crippen molar-refractivity contribution in [1.29, 1.82) is 0 Å². The number of nitrogens with one attached hydrogen (secondary N) is 1. The Labute approximate surface area is 113 Å². The zero-order chi connectivity index (χ0) is 14.6. The number of anilines is 1. The lowest BCUT2D eigenvalue weighted by Crippen LogP contribution is -2.27. The number of hydrogen-bond donors (Lipinski definition) is 1. The summed E-state index contributed by atoms with van der Waals surface area (Å²) in [7, 11) is -0.416. The first-order valence-electron chi connectivity index (χ1n) is 5.74. The summed E-state index contributed by atoms with van der Waals surface area (Å²) in [5.74, 6) is 0.172. The summed E-state index contributed by atoms with van der Waals surface area (Å²) in [5.41, 5.74) is 0.468. The van der Waals surface area contributed by atoms with Crippen molar-refractivity contribution in [2.45, 2.75) is 19.1 Å². The van der Waals surface area contributed by atoms with Crippen LogP contribution in [0, 0.1) is 0 Å². The van der Waals surface area contributed by atoms with Crippen molar-refractivity contribution >= 4 is 21.8 Å². The largest absolute Gasteiger partial charge is 0.382 e. The third kappa shape index (κ3) is 4.44. The van der Waals surface area contributed by atoms with E-state index in [4.69, 9.17) is 4.18 Å². The Kier molecular flexibility index (Phi) is 4.77. The molecule has 0 unspecified atom stereocenters. The van der Waals surface area contributed by atoms with Crippen LogP contribution >= 0.6 is 0 Å². The molecule has 1 aromatic carbocycles. The Morgan fingerprint density at radius 1 is 1.32 bits per heavy atom. The van der Waals surface area contributed by atoms with Gasteiger partial charge in [-0.2, -0.15) is 8.42 Å². The molecule has 1 N–H and O–H groups in total. The maximum absolute atomic E-state index is 11.6. The van der Waals surface area contributed by atoms with Crippen molar-refractivity contribution in [2.75, 3.05) is 19.4 Å². The molecule has 19 heavy (non-hydrogen) atoms. The highest BCUT2D eigenvalue weighted by Crippen LogP contribution is 2.20. The van der Waals surface area contributed by atoms with Crippen LogP contribution in [0.3, 0.4) is 0 Å². The Bertz CT molecular complexity index is 553. The van der Waals surface area contributed by atoms with Crippen molar-refractivity contribution in [2.24, 2.45) is 0 Å². The minimum atomic E-state index is -3.64. The first kappa shape index (κ1) is 15.3. The third-order valence-corrected chi connectivity index (χ3v) is 3.86. The first-order chi connectivity index (χ1) is 8.72. The highest BCUT2D eigenvalue weighted by molar-refractivity contribution is 7.87. The Hall–Kier alpha value is -1.76. The van der Waals surface area contributed by atoms with Crippen molar-refractivity contribution in [3.63, 3.8) is 0 Å². The van der Waals surface area contributed by atoms with Gasteiger partial charge in [0, 0.05) is 25.8 Å². The summed E-state index contributed by atoms with van der Waals surface area (Å²) in [6.07, 6.45) is 0. The molecule has 1 rings (SSSR count). The maximum Gasteiger partial charge on any atom is 0.321 e. The maximum atomic E-state index is 11.6. The molecule has 0 spiro atoms. The van der Waals surface area contributed by atoms with E-state index in [0.717, 1.165) is 0 Å². The summed E-state index contributed by atoms with van der Waals surface area (Å²) >= 11 is 0. The van der Waals surface area contributed by atoms with Crippen molar-refractivity contribution < 1.29 is 17.4 Å². The SMILES string of the molecule is CC(C)S(=O)(=O)Oc1cccc(NC(=O)N(C)C)c1. The standard InChI is InChI=1S/C12H18N2O4S/c1-9(2)19(16,17)18-11-7-5-6-10(8-11)13-12(15)14(3)4/h5-9H,1-4H3,(H,13,15). The highest BCUT2D eigenvalue weighted by Gasteiger charge is 2.18. The van der Waals surface area contributed by atoms with Gasteiger partial charge in [-0.3, -0.25) is 0 Å². The number of hydrogen-bond acceptors (Lipinski definition) is 4. The number of carbonyl (C=O) groups is 1. The molecule has 0 aliphatic rings. The molecule has 106 valence electrons. The van der Waals surface area contributed by atoms with Gasteiger partial charge in [-0.05, 0) is 26.0 Å². The number of rotatable bonds is 4. The van der Waals surface area contributed by atoms with E-state index in [1.54, 1.807) is 26.2 Å². The fourth-order valence-corrected chi connectivity index (χ4v) is 1.66. The summed E-state index contributed by atoms with van der Waals surface area (Å²) in [6, 6.07) is 5.93. The predicted molar refractivity (Wildman–Crippen MR) is 73.8 cm³/mol. The lowest BCUT2D eigenvalue weighted by Gasteiger charge is -2.13. The molecule has 0 atom stereocenters. The summed E-state index contributed by atoms with van der Waals surface area (Å²) in [6.45, 7) is 3.07. The van der Waals surface area contributed by atoms with Gasteiger partial charge in [0.2, 0.25) is 0 Å². The fourth-order valence-electron chi connectivity index (χ4n) is 1.09. The predicted octanol–water partition coefficient (Wildman–Crippen LogP) is 1.90. The average Bonchev–Trinajstić information content (AvgIpc) is 2.28. The van der Waals surface area contributed by atoms with Crippen LogP contribution in [0.1, 0.15) is 13.8 Å². The molecule has 0 heterocycles. The highest BCUT2D eigenvalue weighted by atomic mass is 32.2. The Balaban J connectivity index is 2.87. The van der Waals surface area contributed by atoms with Gasteiger partial charge < -0.3 is 14.4 Å². The van der Waals surface area contributed by atoms with Crippen LogP contribution in [0.2, 0.25) is 0 Å². The van der Waals surface area contributed by atoms with Gasteiger partial charge in [-0.25, -0.2) is 4.79 Å². The summed E-state index contributed by atoms with van der Waals surface area (Å²) in [5, 5.41) is 1.98. The minimum Gasteiger partial charge on any atom is -0.382 e. The molecule has 1 aromatic rings. The quantitative estimate of drug-likeness (QED) is 0.858. The number of benzene rings is 1. The lowest BCUT2D eigenvalue weighted by molar-refractivity contribution is 0.230. The van der Waals surface area contributed by atoms with Crippen LogP contribution in [-0.2, 0) is 10.1 Å². The van der Waals surface area contributed by atoms with Crippen molar-refractivity contribution in [1.82, 2.24) is 4.90 Å². The van der Waals surface area contributed by atoms with Crippen LogP contribution in [0.25, 0.3) is 0 Å². The third-order valence-electron chi connectivity index (χ3n) is 2.28. The molecular formula is C12H18N2O4S. The van der Waals surface area contributed by atoms with Crippen LogP contribution in [0.15, 0.2) is 24.3 Å². The second-order valence-corrected chi connectivity index (χ2v) is 6.57. The molecule has 6 nitrogen and oxygen atoms in total. The van der Waals surface area contributed by atoms with Crippen LogP contribution in [0.4, 0.5) is 10.5 Å². The van der Waals surface area contributed by atoms with E-state index < -0.39 is 15.4 Å². The van der Waals surface area contributed by atoms with Crippen LogP contribution < -0.4 is 9.50 Å². The summed E-state index contributed by atoms with van der Waals surface area (Å²) in [4.78, 5) is 12.8. The number of carbonyl (C=O) groups excluding carboxylic acids is 1. The molecule has 2 amide bonds. The molecule has 0 bridgehead atoms. The molecule has 0 saturated heterocycles. The van der Waals surface area contributed by atoms with Crippen LogP contribution in [0.5, 0.6) is 5.75 Å². The topological polar surface area (TPSA) is 75.7 Å². The van der Waals surface area contributed by atoms with Gasteiger partial charge in [0.05, 0.1) is 5.25 Å². The van der Waals surface area contributed by atoms with Gasteiger partial charge in [0.25, 0.3) is 0 Å². The molecule has 0 radical (unpaired) electrons. The molecule has 0 fully saturated rings. The fraction of sp³-hybridized carbons (Fsp3) is 0.417. The van der Waals surface area contributed by atoms with E-state index in [9.17, 15) is 13.2 Å². The zero-order valence-electron chi connectivity index (χ0n) is 11.4. The normalized spacial score (nSPS) is 11.2. The van der Waals surface area contributed by atoms with Gasteiger partial charge in [-0.1, -0.05) is 6.07 Å². The number of amides is 2. The van der Waals surface area contributed by atoms with E-state index in [-0.39, 0.29) is 11.8 Å². The molecule has 0 aliphatic heterocycles. The number of urea groups is 1. The van der Waals surface area contributed by atoms with Crippen molar-refractivity contribution in [3.8, 4) is 5.75 Å². The minimum absolute atomic E-state index is 0.172. The zero-order valence-corrected chi connectivity index (χ0v) is 12.2. The first-order valence-corrected chi connectivity index (χ1v) is 7.21. The van der Waals surface area contributed by atoms with Crippen LogP contribution in [-0.4, -0.2) is 38.7 Å². The van der Waals surface area contributed by atoms with E-state index in [1.807, 2.05) is 0 Å². The van der Waals surface area contributed by atoms with E-state index in [0.29, 0.717) is 5.69 Å². The molecular weight excluding hydrogens is 268 g/mol. The van der Waals surface area contributed by atoms with Gasteiger partial charge in [0.1, 0.15) is 5.75 Å². The molecule has 0 aromatic heterocycles.